The van der Waals surface area contributed by atoms with Crippen molar-refractivity contribution in [2.24, 2.45) is 11.8 Å². The highest BCUT2D eigenvalue weighted by molar-refractivity contribution is 6.74. The number of β-lactam (4-membered cyclic amide) rings is 1. The Labute approximate surface area is 205 Å². The standard InChI is InChI=1S/C23H32N4O7Si/c1-13(18-17(21(29)25-18)14(2)34-35(6,7)23(3,4)5)20(28)19(26-24)22(30)33-12-15-8-10-16(11-9-15)27(31)32/h8-11,13-14,17-18H,12H2,1-7H3,(H-,25,28,29,30)/p+1/t13-,14-,17?,18-/m1/s1. The highest BCUT2D eigenvalue weighted by Crippen LogP contribution is 2.40. The van der Waals surface area contributed by atoms with Crippen molar-refractivity contribution in [3.05, 3.63) is 56.4 Å². The molecule has 4 atom stereocenters. The SMILES string of the molecule is C[C@@H](O[Si](C)(C)C(C)(C)C)C1C(=O)N[C@@H]1[C@@H](C)/C(O)=C(\[N+]#N)C(=O)OCc1ccc([N+](=O)[O-])cc1. The molecule has 1 aromatic rings. The van der Waals surface area contributed by atoms with Gasteiger partial charge in [-0.2, -0.15) is 0 Å². The first-order valence-corrected chi connectivity index (χ1v) is 14.2. The van der Waals surface area contributed by atoms with Gasteiger partial charge in [0.25, 0.3) is 5.69 Å². The Bertz CT molecular complexity index is 1060. The van der Waals surface area contributed by atoms with Crippen LogP contribution in [0.4, 0.5) is 5.69 Å². The van der Waals surface area contributed by atoms with E-state index in [1.54, 1.807) is 6.92 Å². The summed E-state index contributed by atoms with van der Waals surface area (Å²) in [7, 11) is -2.16. The van der Waals surface area contributed by atoms with Gasteiger partial charge in [0, 0.05) is 18.1 Å². The summed E-state index contributed by atoms with van der Waals surface area (Å²) in [5.74, 6) is -3.15. The fourth-order valence-corrected chi connectivity index (χ4v) is 5.02. The molecule has 0 bridgehead atoms. The molecule has 35 heavy (non-hydrogen) atoms. The molecule has 0 spiro atoms. The van der Waals surface area contributed by atoms with Crippen molar-refractivity contribution in [1.82, 2.24) is 5.32 Å². The molecule has 2 N–H and O–H groups in total. The van der Waals surface area contributed by atoms with Crippen LogP contribution in [0.3, 0.4) is 0 Å². The second-order valence-corrected chi connectivity index (χ2v) is 15.0. The van der Waals surface area contributed by atoms with Crippen molar-refractivity contribution in [2.75, 3.05) is 0 Å². The average Bonchev–Trinajstić information content (AvgIpc) is 2.74. The number of non-ortho nitro benzene ring substituents is 1. The second-order valence-electron chi connectivity index (χ2n) is 10.3. The lowest BCUT2D eigenvalue weighted by atomic mass is 9.78. The number of carbonyl (C=O) groups excluding carboxylic acids is 2. The molecule has 1 aliphatic rings. The van der Waals surface area contributed by atoms with Crippen molar-refractivity contribution >= 4 is 25.9 Å². The van der Waals surface area contributed by atoms with Crippen LogP contribution < -0.4 is 5.32 Å². The van der Waals surface area contributed by atoms with Crippen molar-refractivity contribution in [1.29, 1.82) is 5.39 Å². The maximum Gasteiger partial charge on any atom is 0.505 e. The number of esters is 1. The molecule has 12 heteroatoms. The Morgan fingerprint density at radius 2 is 1.86 bits per heavy atom. The van der Waals surface area contributed by atoms with Crippen LogP contribution in [0.25, 0.3) is 4.98 Å². The minimum Gasteiger partial charge on any atom is -0.504 e. The highest BCUT2D eigenvalue weighted by atomic mass is 28.4. The number of hydrogen-bond acceptors (Lipinski definition) is 8. The number of rotatable bonds is 9. The van der Waals surface area contributed by atoms with Gasteiger partial charge in [0.1, 0.15) is 6.61 Å². The third-order valence-electron chi connectivity index (χ3n) is 6.81. The van der Waals surface area contributed by atoms with E-state index in [0.29, 0.717) is 5.56 Å². The summed E-state index contributed by atoms with van der Waals surface area (Å²) >= 11 is 0. The zero-order chi connectivity index (χ0) is 26.7. The van der Waals surface area contributed by atoms with E-state index in [1.165, 1.54) is 24.3 Å². The molecule has 1 unspecified atom stereocenters. The predicted molar refractivity (Wildman–Crippen MR) is 130 cm³/mol. The predicted octanol–water partition coefficient (Wildman–Crippen LogP) is 4.42. The van der Waals surface area contributed by atoms with Crippen LogP contribution in [0.1, 0.15) is 40.2 Å². The number of nitro benzene ring substituents is 1. The number of nitro groups is 1. The smallest absolute Gasteiger partial charge is 0.504 e. The number of amides is 1. The lowest BCUT2D eigenvalue weighted by Gasteiger charge is -2.46. The molecular formula is C23H33N4O7Si+. The summed E-state index contributed by atoms with van der Waals surface area (Å²) in [4.78, 5) is 37.9. The minimum absolute atomic E-state index is 0.0546. The van der Waals surface area contributed by atoms with E-state index in [9.17, 15) is 30.2 Å². The molecule has 11 nitrogen and oxygen atoms in total. The molecule has 1 aromatic carbocycles. The lowest BCUT2D eigenvalue weighted by molar-refractivity contribution is -0.384. The number of nitrogens with zero attached hydrogens (tertiary/aromatic N) is 3. The number of nitrogens with one attached hydrogen (secondary N) is 1. The molecule has 0 saturated carbocycles. The van der Waals surface area contributed by atoms with Crippen LogP contribution in [-0.2, 0) is 25.4 Å². The van der Waals surface area contributed by atoms with Gasteiger partial charge in [-0.15, -0.1) is 0 Å². The van der Waals surface area contributed by atoms with Crippen molar-refractivity contribution < 1.29 is 28.8 Å². The Hall–Kier alpha value is -3.30. The van der Waals surface area contributed by atoms with Crippen LogP contribution in [-0.4, -0.2) is 42.4 Å². The third kappa shape index (κ3) is 6.23. The fraction of sp³-hybridized carbons (Fsp3) is 0.565. The molecular weight excluding hydrogens is 472 g/mol. The molecule has 190 valence electrons. The Morgan fingerprint density at radius 1 is 1.29 bits per heavy atom. The summed E-state index contributed by atoms with van der Waals surface area (Å²) < 4.78 is 11.5. The average molecular weight is 506 g/mol. The van der Waals surface area contributed by atoms with Gasteiger partial charge in [0.05, 0.1) is 23.0 Å². The number of aliphatic hydroxyl groups is 1. The molecule has 1 amide bonds. The molecule has 0 aliphatic carbocycles. The number of benzene rings is 1. The molecule has 2 rings (SSSR count). The number of hydrogen-bond donors (Lipinski definition) is 2. The number of ether oxygens (including phenoxy) is 1. The summed E-state index contributed by atoms with van der Waals surface area (Å²) in [6.45, 7) is 13.6. The van der Waals surface area contributed by atoms with Crippen LogP contribution in [0, 0.1) is 27.3 Å². The lowest BCUT2D eigenvalue weighted by Crippen LogP contribution is -2.66. The highest BCUT2D eigenvalue weighted by Gasteiger charge is 2.51. The molecule has 1 fully saturated rings. The zero-order valence-corrected chi connectivity index (χ0v) is 22.1. The monoisotopic (exact) mass is 505 g/mol. The minimum atomic E-state index is -2.16. The maximum atomic E-state index is 12.5. The number of aliphatic hydroxyl groups excluding tert-OH is 1. The number of diazo groups is 1. The van der Waals surface area contributed by atoms with E-state index in [0.717, 1.165) is 0 Å². The van der Waals surface area contributed by atoms with Gasteiger partial charge in [-0.3, -0.25) is 14.9 Å². The summed E-state index contributed by atoms with van der Waals surface area (Å²) in [5, 5.41) is 33.5. The topological polar surface area (TPSA) is 156 Å². The molecule has 1 saturated heterocycles. The Kier molecular flexibility index (Phi) is 8.41. The molecule has 1 aliphatic heterocycles. The first-order valence-electron chi connectivity index (χ1n) is 11.3. The van der Waals surface area contributed by atoms with E-state index >= 15 is 0 Å². The van der Waals surface area contributed by atoms with E-state index < -0.39 is 54.6 Å². The Balaban J connectivity index is 2.12. The summed E-state index contributed by atoms with van der Waals surface area (Å²) in [6.07, 6.45) is -0.423. The van der Waals surface area contributed by atoms with E-state index in [4.69, 9.17) is 9.16 Å². The Morgan fingerprint density at radius 3 is 2.31 bits per heavy atom. The molecule has 0 radical (unpaired) electrons. The van der Waals surface area contributed by atoms with Gasteiger partial charge in [-0.1, -0.05) is 27.7 Å². The molecule has 1 heterocycles. The van der Waals surface area contributed by atoms with Crippen molar-refractivity contribution in [3.63, 3.8) is 0 Å². The van der Waals surface area contributed by atoms with E-state index in [2.05, 4.69) is 44.2 Å². The van der Waals surface area contributed by atoms with Gasteiger partial charge in [0.2, 0.25) is 17.1 Å². The van der Waals surface area contributed by atoms with Gasteiger partial charge < -0.3 is 19.6 Å². The first kappa shape index (κ1) is 27.9. The maximum absolute atomic E-state index is 12.5. The van der Waals surface area contributed by atoms with Gasteiger partial charge in [-0.25, -0.2) is 4.79 Å². The first-order chi connectivity index (χ1) is 16.1. The van der Waals surface area contributed by atoms with Crippen LogP contribution in [0.2, 0.25) is 18.1 Å². The van der Waals surface area contributed by atoms with Crippen molar-refractivity contribution in [2.45, 2.75) is 71.5 Å². The van der Waals surface area contributed by atoms with Crippen molar-refractivity contribution in [3.8, 4) is 0 Å². The van der Waals surface area contributed by atoms with Crippen LogP contribution in [0.15, 0.2) is 35.7 Å². The van der Waals surface area contributed by atoms with Crippen LogP contribution in [0.5, 0.6) is 0 Å². The quantitative estimate of drug-likeness (QED) is 0.0730. The summed E-state index contributed by atoms with van der Waals surface area (Å²) in [5.41, 5.74) is -0.324. The third-order valence-corrected chi connectivity index (χ3v) is 11.4. The zero-order valence-electron chi connectivity index (χ0n) is 21.1. The van der Waals surface area contributed by atoms with Crippen LogP contribution >= 0.6 is 0 Å². The fourth-order valence-electron chi connectivity index (χ4n) is 3.59. The number of carbonyl (C=O) groups is 2. The molecule has 0 aromatic heterocycles. The summed E-state index contributed by atoms with van der Waals surface area (Å²) in [6, 6.07) is 4.84. The largest absolute Gasteiger partial charge is 0.505 e. The van der Waals surface area contributed by atoms with E-state index in [1.807, 2.05) is 6.92 Å². The second kappa shape index (κ2) is 10.5. The van der Waals surface area contributed by atoms with E-state index in [-0.39, 0.29) is 23.2 Å². The van der Waals surface area contributed by atoms with Gasteiger partial charge in [0.15, 0.2) is 13.3 Å². The van der Waals surface area contributed by atoms with Gasteiger partial charge in [-0.05, 0) is 42.8 Å². The van der Waals surface area contributed by atoms with Gasteiger partial charge >= 0.3 is 11.7 Å². The normalized spacial score (nSPS) is 20.5.